The average molecular weight is 438 g/mol. The lowest BCUT2D eigenvalue weighted by atomic mass is 10.2. The van der Waals surface area contributed by atoms with Crippen LogP contribution in [0, 0.1) is 6.61 Å². The summed E-state index contributed by atoms with van der Waals surface area (Å²) in [7, 11) is -6.74. The Morgan fingerprint density at radius 1 is 1.25 bits per heavy atom. The van der Waals surface area contributed by atoms with Crippen LogP contribution >= 0.6 is 15.6 Å². The zero-order chi connectivity index (χ0) is 20.5. The van der Waals surface area contributed by atoms with E-state index in [-0.39, 0.29) is 12.2 Å². The molecular formula is C12H18N5O9P2. The van der Waals surface area contributed by atoms with Gasteiger partial charge in [-0.25, -0.2) is 24.1 Å². The molecule has 4 N–H and O–H groups in total. The number of hydrogen-bond acceptors (Lipinski definition) is 11. The number of imidazole rings is 1. The first-order valence-electron chi connectivity index (χ1n) is 7.71. The summed E-state index contributed by atoms with van der Waals surface area (Å²) in [6.45, 7) is 0.854. The molecule has 1 saturated heterocycles. The minimum atomic E-state index is -4.38. The summed E-state index contributed by atoms with van der Waals surface area (Å²) < 4.78 is 49.1. The van der Waals surface area contributed by atoms with Crippen molar-refractivity contribution in [2.75, 3.05) is 20.0 Å². The molecule has 0 aromatic carbocycles. The number of aromatic nitrogens is 4. The van der Waals surface area contributed by atoms with Gasteiger partial charge in [-0.05, 0) is 0 Å². The van der Waals surface area contributed by atoms with E-state index in [0.29, 0.717) is 11.2 Å². The maximum Gasteiger partial charge on any atom is 0.472 e. The van der Waals surface area contributed by atoms with Crippen LogP contribution in [0.1, 0.15) is 12.6 Å². The molecule has 0 spiro atoms. The van der Waals surface area contributed by atoms with Crippen molar-refractivity contribution in [3.63, 3.8) is 0 Å². The lowest BCUT2D eigenvalue weighted by Gasteiger charge is -2.20. The van der Waals surface area contributed by atoms with Crippen molar-refractivity contribution in [1.82, 2.24) is 19.5 Å². The predicted octanol–water partition coefficient (Wildman–Crippen LogP) is 0.753. The molecule has 0 aliphatic carbocycles. The Labute approximate surface area is 158 Å². The van der Waals surface area contributed by atoms with Crippen molar-refractivity contribution in [2.24, 2.45) is 0 Å². The third-order valence-electron chi connectivity index (χ3n) is 3.87. The van der Waals surface area contributed by atoms with Crippen LogP contribution in [-0.2, 0) is 32.0 Å². The highest BCUT2D eigenvalue weighted by Crippen LogP contribution is 2.50. The first-order valence-corrected chi connectivity index (χ1v) is 10.7. The standard InChI is InChI=1S/C12H18N5O9P2/c1-22-27(18,19)24-4-8-7(26-28(20,21)23-2)3-9(25-8)17-6-16-10-11(13)14-5-15-12(10)17/h4-9H,3H2,1-2H3,(H,18,19)(H,20,21)(H2,13,14,15)/t7-,8+,9+/m0/s1. The normalized spacial score (nSPS) is 26.9. The van der Waals surface area contributed by atoms with Crippen LogP contribution in [0.4, 0.5) is 5.82 Å². The zero-order valence-corrected chi connectivity index (χ0v) is 16.5. The molecule has 3 rings (SSSR count). The van der Waals surface area contributed by atoms with Gasteiger partial charge in [0.15, 0.2) is 11.5 Å². The van der Waals surface area contributed by atoms with Crippen molar-refractivity contribution in [1.29, 1.82) is 0 Å². The minimum absolute atomic E-state index is 0.0382. The molecule has 2 aromatic heterocycles. The molecule has 1 fully saturated rings. The van der Waals surface area contributed by atoms with Crippen LogP contribution in [0.15, 0.2) is 12.7 Å². The highest BCUT2D eigenvalue weighted by Gasteiger charge is 2.43. The summed E-state index contributed by atoms with van der Waals surface area (Å²) in [4.78, 5) is 31.1. The number of nitrogen functional groups attached to an aromatic ring is 1. The summed E-state index contributed by atoms with van der Waals surface area (Å²) in [5, 5.41) is 0. The van der Waals surface area contributed by atoms with Crippen molar-refractivity contribution in [3.05, 3.63) is 19.3 Å². The van der Waals surface area contributed by atoms with Gasteiger partial charge in [-0.1, -0.05) is 0 Å². The molecule has 16 heteroatoms. The summed E-state index contributed by atoms with van der Waals surface area (Å²) in [6.07, 6.45) is -0.259. The highest BCUT2D eigenvalue weighted by molar-refractivity contribution is 7.47. The van der Waals surface area contributed by atoms with Gasteiger partial charge in [0.2, 0.25) is 0 Å². The minimum Gasteiger partial charge on any atom is -0.382 e. The SMILES string of the molecule is COP(=O)(O)O[CH][C@H]1O[C@@H](n2cnc3c(N)ncnc32)C[C@@H]1OP(=O)(O)OC. The zero-order valence-electron chi connectivity index (χ0n) is 14.7. The van der Waals surface area contributed by atoms with Crippen LogP contribution < -0.4 is 5.73 Å². The van der Waals surface area contributed by atoms with E-state index >= 15 is 0 Å². The van der Waals surface area contributed by atoms with Gasteiger partial charge in [0.1, 0.15) is 36.9 Å². The molecule has 155 valence electrons. The van der Waals surface area contributed by atoms with Crippen LogP contribution in [-0.4, -0.2) is 55.7 Å². The Morgan fingerprint density at radius 3 is 2.64 bits per heavy atom. The van der Waals surface area contributed by atoms with Gasteiger partial charge in [0.25, 0.3) is 0 Å². The van der Waals surface area contributed by atoms with Crippen molar-refractivity contribution >= 4 is 32.6 Å². The topological polar surface area (TPSA) is 190 Å². The molecule has 1 aliphatic rings. The van der Waals surface area contributed by atoms with E-state index in [1.165, 1.54) is 17.2 Å². The van der Waals surface area contributed by atoms with Crippen LogP contribution in [0.2, 0.25) is 0 Å². The van der Waals surface area contributed by atoms with Crippen molar-refractivity contribution in [3.8, 4) is 0 Å². The Hall–Kier alpha value is -1.47. The second kappa shape index (κ2) is 8.11. The van der Waals surface area contributed by atoms with E-state index in [9.17, 15) is 18.9 Å². The van der Waals surface area contributed by atoms with E-state index in [0.717, 1.165) is 20.8 Å². The van der Waals surface area contributed by atoms with Gasteiger partial charge in [0, 0.05) is 20.6 Å². The van der Waals surface area contributed by atoms with Crippen LogP contribution in [0.3, 0.4) is 0 Å². The molecular weight excluding hydrogens is 420 g/mol. The summed E-state index contributed by atoms with van der Waals surface area (Å²) in [6, 6.07) is 0. The van der Waals surface area contributed by atoms with E-state index in [4.69, 9.17) is 15.0 Å². The number of fused-ring (bicyclic) bond motifs is 1. The number of nitrogens with zero attached hydrogens (tertiary/aromatic N) is 4. The number of phosphoric ester groups is 2. The fourth-order valence-corrected chi connectivity index (χ4v) is 3.53. The molecule has 1 radical (unpaired) electrons. The fraction of sp³-hybridized carbons (Fsp3) is 0.500. The molecule has 0 saturated carbocycles. The number of hydrogen-bond donors (Lipinski definition) is 3. The van der Waals surface area contributed by atoms with Gasteiger partial charge in [-0.3, -0.25) is 22.7 Å². The third kappa shape index (κ3) is 4.57. The maximum absolute atomic E-state index is 11.8. The summed E-state index contributed by atoms with van der Waals surface area (Å²) in [5.74, 6) is 0.168. The molecule has 28 heavy (non-hydrogen) atoms. The predicted molar refractivity (Wildman–Crippen MR) is 92.2 cm³/mol. The number of anilines is 1. The van der Waals surface area contributed by atoms with Gasteiger partial charge < -0.3 is 20.3 Å². The fourth-order valence-electron chi connectivity index (χ4n) is 2.53. The average Bonchev–Trinajstić information content (AvgIpc) is 3.24. The molecule has 2 aromatic rings. The molecule has 0 bridgehead atoms. The smallest absolute Gasteiger partial charge is 0.382 e. The number of ether oxygens (including phenoxy) is 1. The molecule has 1 aliphatic heterocycles. The highest BCUT2D eigenvalue weighted by atomic mass is 31.2. The van der Waals surface area contributed by atoms with E-state index < -0.39 is 34.1 Å². The third-order valence-corrected chi connectivity index (χ3v) is 5.72. The largest absolute Gasteiger partial charge is 0.472 e. The molecule has 0 amide bonds. The van der Waals surface area contributed by atoms with Crippen molar-refractivity contribution < 1.29 is 41.7 Å². The first-order chi connectivity index (χ1) is 13.2. The lowest BCUT2D eigenvalue weighted by Crippen LogP contribution is -2.25. The molecule has 14 nitrogen and oxygen atoms in total. The Balaban J connectivity index is 1.84. The van der Waals surface area contributed by atoms with Crippen LogP contribution in [0.5, 0.6) is 0 Å². The Kier molecular flexibility index (Phi) is 6.15. The van der Waals surface area contributed by atoms with E-state index in [1.54, 1.807) is 0 Å². The van der Waals surface area contributed by atoms with Gasteiger partial charge in [-0.2, -0.15) is 0 Å². The summed E-state index contributed by atoms with van der Waals surface area (Å²) >= 11 is 0. The van der Waals surface area contributed by atoms with E-state index in [2.05, 4.69) is 28.5 Å². The lowest BCUT2D eigenvalue weighted by molar-refractivity contribution is -0.0210. The maximum atomic E-state index is 11.8. The molecule has 2 unspecified atom stereocenters. The Bertz CT molecular complexity index is 939. The first kappa shape index (κ1) is 21.2. The van der Waals surface area contributed by atoms with Crippen LogP contribution in [0.25, 0.3) is 11.2 Å². The van der Waals surface area contributed by atoms with E-state index in [1.807, 2.05) is 0 Å². The van der Waals surface area contributed by atoms with Gasteiger partial charge in [-0.15, -0.1) is 0 Å². The second-order valence-corrected chi connectivity index (χ2v) is 8.59. The second-order valence-electron chi connectivity index (χ2n) is 5.56. The summed E-state index contributed by atoms with van der Waals surface area (Å²) in [5.41, 5.74) is 6.46. The number of rotatable bonds is 8. The quantitative estimate of drug-likeness (QED) is 0.490. The number of phosphoric acid groups is 2. The number of nitrogens with two attached hydrogens (primary N) is 1. The monoisotopic (exact) mass is 438 g/mol. The van der Waals surface area contributed by atoms with Gasteiger partial charge in [0.05, 0.1) is 6.33 Å². The Morgan fingerprint density at radius 2 is 1.96 bits per heavy atom. The molecule has 3 heterocycles. The van der Waals surface area contributed by atoms with Crippen molar-refractivity contribution in [2.45, 2.75) is 24.9 Å². The molecule has 5 atom stereocenters. The van der Waals surface area contributed by atoms with Gasteiger partial charge >= 0.3 is 15.6 Å².